The third-order valence-corrected chi connectivity index (χ3v) is 4.53. The number of aromatic nitrogens is 2. The smallest absolute Gasteiger partial charge is 0.267 e. The number of aryl methyl sites for hydroxylation is 2. The number of amides is 1. The van der Waals surface area contributed by atoms with E-state index in [1.165, 1.54) is 0 Å². The molecule has 126 valence electrons. The summed E-state index contributed by atoms with van der Waals surface area (Å²) < 4.78 is 3.46. The third kappa shape index (κ3) is 2.60. The molecule has 0 aliphatic heterocycles. The average molecular weight is 325 g/mol. The van der Waals surface area contributed by atoms with Crippen molar-refractivity contribution in [3.05, 3.63) is 46.4 Å². The first kappa shape index (κ1) is 16.3. The zero-order valence-electron chi connectivity index (χ0n) is 14.6. The number of benzene rings is 1. The maximum absolute atomic E-state index is 12.7. The number of nitrogens with zero attached hydrogens (tertiary/aromatic N) is 2. The highest BCUT2D eigenvalue weighted by Crippen LogP contribution is 2.24. The molecule has 3 rings (SSSR count). The number of hydrogen-bond donors (Lipinski definition) is 1. The van der Waals surface area contributed by atoms with E-state index in [4.69, 9.17) is 0 Å². The van der Waals surface area contributed by atoms with E-state index in [-0.39, 0.29) is 11.5 Å². The number of hydrogen-bond acceptors (Lipinski definition) is 2. The molecule has 1 aromatic carbocycles. The van der Waals surface area contributed by atoms with Gasteiger partial charge in [0.15, 0.2) is 0 Å². The van der Waals surface area contributed by atoms with Gasteiger partial charge in [-0.15, -0.1) is 0 Å². The highest BCUT2D eigenvalue weighted by atomic mass is 16.2. The predicted molar refractivity (Wildman–Crippen MR) is 97.5 cm³/mol. The highest BCUT2D eigenvalue weighted by molar-refractivity contribution is 6.08. The van der Waals surface area contributed by atoms with E-state index in [2.05, 4.69) is 19.2 Å². The van der Waals surface area contributed by atoms with Crippen LogP contribution in [0.3, 0.4) is 0 Å². The molecule has 0 atom stereocenters. The molecular formula is C19H23N3O2. The molecule has 5 nitrogen and oxygen atoms in total. The first-order valence-corrected chi connectivity index (χ1v) is 8.27. The topological polar surface area (TPSA) is 56.0 Å². The van der Waals surface area contributed by atoms with Crippen molar-refractivity contribution in [2.75, 3.05) is 6.54 Å². The molecule has 2 heterocycles. The van der Waals surface area contributed by atoms with Crippen LogP contribution in [-0.2, 0) is 14.1 Å². The second kappa shape index (κ2) is 6.15. The summed E-state index contributed by atoms with van der Waals surface area (Å²) in [5.74, 6) is 0.398. The number of carbonyl (C=O) groups is 1. The maximum atomic E-state index is 12.7. The minimum atomic E-state index is -0.138. The summed E-state index contributed by atoms with van der Waals surface area (Å²) in [5, 5.41) is 4.49. The molecule has 0 radical (unpaired) electrons. The van der Waals surface area contributed by atoms with Crippen LogP contribution in [0, 0.1) is 5.92 Å². The van der Waals surface area contributed by atoms with E-state index in [1.54, 1.807) is 17.7 Å². The Morgan fingerprint density at radius 3 is 2.54 bits per heavy atom. The molecular weight excluding hydrogens is 302 g/mol. The Labute approximate surface area is 140 Å². The van der Waals surface area contributed by atoms with E-state index in [0.29, 0.717) is 23.5 Å². The fourth-order valence-electron chi connectivity index (χ4n) is 3.13. The molecule has 2 aromatic heterocycles. The van der Waals surface area contributed by atoms with Gasteiger partial charge in [-0.2, -0.15) is 0 Å². The molecule has 3 aromatic rings. The van der Waals surface area contributed by atoms with Gasteiger partial charge in [0.2, 0.25) is 0 Å². The molecule has 0 bridgehead atoms. The molecule has 0 unspecified atom stereocenters. The lowest BCUT2D eigenvalue weighted by atomic mass is 10.1. The van der Waals surface area contributed by atoms with Crippen LogP contribution in [0.1, 0.15) is 30.8 Å². The van der Waals surface area contributed by atoms with Gasteiger partial charge in [-0.3, -0.25) is 9.59 Å². The van der Waals surface area contributed by atoms with E-state index in [1.807, 2.05) is 35.9 Å². The number of rotatable bonds is 4. The van der Waals surface area contributed by atoms with Crippen molar-refractivity contribution in [1.82, 2.24) is 14.5 Å². The quantitative estimate of drug-likeness (QED) is 0.802. The summed E-state index contributed by atoms with van der Waals surface area (Å²) in [4.78, 5) is 25.2. The average Bonchev–Trinajstić information content (AvgIpc) is 2.90. The minimum absolute atomic E-state index is 0.0828. The van der Waals surface area contributed by atoms with Crippen LogP contribution in [0.5, 0.6) is 0 Å². The van der Waals surface area contributed by atoms with Gasteiger partial charge in [-0.05, 0) is 24.5 Å². The second-order valence-corrected chi connectivity index (χ2v) is 6.67. The number of nitrogens with one attached hydrogen (secondary N) is 1. The Balaban J connectivity index is 2.14. The van der Waals surface area contributed by atoms with E-state index in [9.17, 15) is 9.59 Å². The maximum Gasteiger partial charge on any atom is 0.267 e. The third-order valence-electron chi connectivity index (χ3n) is 4.53. The summed E-state index contributed by atoms with van der Waals surface area (Å²) in [6, 6.07) is 9.47. The second-order valence-electron chi connectivity index (χ2n) is 6.67. The number of para-hydroxylation sites is 1. The normalized spacial score (nSPS) is 11.5. The van der Waals surface area contributed by atoms with Gasteiger partial charge in [0.25, 0.3) is 11.5 Å². The van der Waals surface area contributed by atoms with Crippen LogP contribution in [0.15, 0.2) is 35.1 Å². The number of pyridine rings is 1. The van der Waals surface area contributed by atoms with Crippen molar-refractivity contribution >= 4 is 27.7 Å². The lowest BCUT2D eigenvalue weighted by molar-refractivity contribution is 0.0944. The summed E-state index contributed by atoms with van der Waals surface area (Å²) in [5.41, 5.74) is 2.11. The highest BCUT2D eigenvalue weighted by Gasteiger charge is 2.18. The lowest BCUT2D eigenvalue weighted by Crippen LogP contribution is -2.27. The Bertz CT molecular complexity index is 980. The number of carbonyl (C=O) groups excluding carboxylic acids is 1. The van der Waals surface area contributed by atoms with Crippen LogP contribution in [0.25, 0.3) is 21.8 Å². The minimum Gasteiger partial charge on any atom is -0.351 e. The van der Waals surface area contributed by atoms with Crippen molar-refractivity contribution in [1.29, 1.82) is 0 Å². The number of fused-ring (bicyclic) bond motifs is 3. The van der Waals surface area contributed by atoms with Gasteiger partial charge in [0.05, 0.1) is 16.4 Å². The van der Waals surface area contributed by atoms with Gasteiger partial charge in [-0.25, -0.2) is 0 Å². The van der Waals surface area contributed by atoms with Gasteiger partial charge in [0, 0.05) is 26.0 Å². The first-order valence-electron chi connectivity index (χ1n) is 8.27. The van der Waals surface area contributed by atoms with Crippen LogP contribution < -0.4 is 10.9 Å². The first-order chi connectivity index (χ1) is 11.4. The Hall–Kier alpha value is -2.56. The van der Waals surface area contributed by atoms with Crippen LogP contribution in [0.2, 0.25) is 0 Å². The molecule has 0 spiro atoms. The lowest BCUT2D eigenvalue weighted by Gasteiger charge is -2.10. The molecule has 1 amide bonds. The Morgan fingerprint density at radius 1 is 1.12 bits per heavy atom. The van der Waals surface area contributed by atoms with Gasteiger partial charge >= 0.3 is 0 Å². The summed E-state index contributed by atoms with van der Waals surface area (Å²) >= 11 is 0. The summed E-state index contributed by atoms with van der Waals surface area (Å²) in [6.07, 6.45) is 0.931. The molecule has 0 fully saturated rings. The van der Waals surface area contributed by atoms with Gasteiger partial charge < -0.3 is 14.5 Å². The van der Waals surface area contributed by atoms with E-state index in [0.717, 1.165) is 22.8 Å². The van der Waals surface area contributed by atoms with Crippen molar-refractivity contribution in [2.45, 2.75) is 20.3 Å². The SMILES string of the molecule is CC(C)CCNC(=O)c1cc2c(=O)n(C)c3ccccc3c2n1C. The Kier molecular flexibility index (Phi) is 4.18. The zero-order chi connectivity index (χ0) is 17.4. The Morgan fingerprint density at radius 2 is 1.83 bits per heavy atom. The fourth-order valence-corrected chi connectivity index (χ4v) is 3.13. The van der Waals surface area contributed by atoms with Crippen molar-refractivity contribution in [3.63, 3.8) is 0 Å². The molecule has 1 N–H and O–H groups in total. The standard InChI is InChI=1S/C19H23N3O2/c1-12(2)9-10-20-18(23)16-11-14-17(21(16)3)13-7-5-6-8-15(13)22(4)19(14)24/h5-8,11-12H,9-10H2,1-4H3,(H,20,23). The van der Waals surface area contributed by atoms with Gasteiger partial charge in [0.1, 0.15) is 5.69 Å². The fraction of sp³-hybridized carbons (Fsp3) is 0.368. The molecule has 24 heavy (non-hydrogen) atoms. The van der Waals surface area contributed by atoms with Crippen molar-refractivity contribution in [3.8, 4) is 0 Å². The van der Waals surface area contributed by atoms with Crippen molar-refractivity contribution in [2.24, 2.45) is 20.0 Å². The monoisotopic (exact) mass is 325 g/mol. The van der Waals surface area contributed by atoms with E-state index >= 15 is 0 Å². The predicted octanol–water partition coefficient (Wildman–Crippen LogP) is 2.81. The molecule has 0 aliphatic rings. The van der Waals surface area contributed by atoms with E-state index < -0.39 is 0 Å². The molecule has 0 saturated heterocycles. The molecule has 0 saturated carbocycles. The largest absolute Gasteiger partial charge is 0.351 e. The molecule has 5 heteroatoms. The van der Waals surface area contributed by atoms with Crippen LogP contribution >= 0.6 is 0 Å². The summed E-state index contributed by atoms with van der Waals surface area (Å²) in [7, 11) is 3.60. The van der Waals surface area contributed by atoms with Crippen LogP contribution in [-0.4, -0.2) is 21.6 Å². The van der Waals surface area contributed by atoms with Crippen molar-refractivity contribution < 1.29 is 4.79 Å². The molecule has 0 aliphatic carbocycles. The van der Waals surface area contributed by atoms with Gasteiger partial charge in [-0.1, -0.05) is 32.0 Å². The van der Waals surface area contributed by atoms with Crippen LogP contribution in [0.4, 0.5) is 0 Å². The zero-order valence-corrected chi connectivity index (χ0v) is 14.6. The summed E-state index contributed by atoms with van der Waals surface area (Å²) in [6.45, 7) is 4.88.